The first-order valence-electron chi connectivity index (χ1n) is 15.6. The van der Waals surface area contributed by atoms with Gasteiger partial charge < -0.3 is 4.90 Å². The number of rotatable bonds is 6. The van der Waals surface area contributed by atoms with Gasteiger partial charge >= 0.3 is 0 Å². The third-order valence-electron chi connectivity index (χ3n) is 9.78. The Bertz CT molecular complexity index is 1970. The first kappa shape index (κ1) is 27.9. The molecule has 5 aromatic rings. The highest BCUT2D eigenvalue weighted by Gasteiger charge is 2.37. The molecule has 0 aliphatic heterocycles. The number of nitrogens with zero attached hydrogens (tertiary/aromatic N) is 1. The highest BCUT2D eigenvalue weighted by atomic mass is 15.1. The summed E-state index contributed by atoms with van der Waals surface area (Å²) in [5.41, 5.74) is 16.3. The van der Waals surface area contributed by atoms with Crippen LogP contribution >= 0.6 is 0 Å². The third kappa shape index (κ3) is 4.22. The van der Waals surface area contributed by atoms with Gasteiger partial charge in [0.1, 0.15) is 0 Å². The monoisotopic (exact) mass is 569 g/mol. The van der Waals surface area contributed by atoms with Crippen molar-refractivity contribution in [3.8, 4) is 22.3 Å². The minimum absolute atomic E-state index is 0.0745. The summed E-state index contributed by atoms with van der Waals surface area (Å²) >= 11 is 0. The molecule has 0 radical (unpaired) electrons. The summed E-state index contributed by atoms with van der Waals surface area (Å²) in [7, 11) is 0. The van der Waals surface area contributed by atoms with Crippen molar-refractivity contribution in [3.63, 3.8) is 0 Å². The maximum atomic E-state index is 4.19. The summed E-state index contributed by atoms with van der Waals surface area (Å²) in [5.74, 6) is 0. The van der Waals surface area contributed by atoms with Gasteiger partial charge in [-0.25, -0.2) is 0 Å². The molecule has 0 unspecified atom stereocenters. The van der Waals surface area contributed by atoms with Crippen LogP contribution in [0.4, 0.5) is 17.1 Å². The zero-order chi connectivity index (χ0) is 30.6. The fraction of sp³-hybridized carbons (Fsp3) is 0.163. The number of hydrogen-bond donors (Lipinski definition) is 0. The normalized spacial score (nSPS) is 15.7. The Balaban J connectivity index is 1.40. The first-order valence-corrected chi connectivity index (χ1v) is 15.6. The fourth-order valence-corrected chi connectivity index (χ4v) is 7.45. The quantitative estimate of drug-likeness (QED) is 0.197. The van der Waals surface area contributed by atoms with Gasteiger partial charge in [0.05, 0.1) is 0 Å². The topological polar surface area (TPSA) is 3.24 Å². The molecule has 0 aromatic heterocycles. The third-order valence-corrected chi connectivity index (χ3v) is 9.78. The molecular formula is C43H39N. The lowest BCUT2D eigenvalue weighted by molar-refractivity contribution is 0.654. The average Bonchev–Trinajstić information content (AvgIpc) is 3.41. The van der Waals surface area contributed by atoms with Crippen LogP contribution in [-0.2, 0) is 10.8 Å². The molecule has 0 bridgehead atoms. The van der Waals surface area contributed by atoms with E-state index in [1.54, 1.807) is 0 Å². The molecule has 1 heteroatoms. The van der Waals surface area contributed by atoms with Gasteiger partial charge in [0.2, 0.25) is 0 Å². The Morgan fingerprint density at radius 1 is 0.545 bits per heavy atom. The van der Waals surface area contributed by atoms with E-state index in [2.05, 4.69) is 174 Å². The average molecular weight is 570 g/mol. The van der Waals surface area contributed by atoms with Crippen molar-refractivity contribution >= 4 is 22.6 Å². The Kier molecular flexibility index (Phi) is 6.59. The van der Waals surface area contributed by atoms with E-state index < -0.39 is 0 Å². The molecule has 2 aliphatic carbocycles. The number of hydrogen-bond acceptors (Lipinski definition) is 1. The molecule has 0 saturated heterocycles. The van der Waals surface area contributed by atoms with Gasteiger partial charge in [0.15, 0.2) is 0 Å². The smallest absolute Gasteiger partial charge is 0.0465 e. The zero-order valence-electron chi connectivity index (χ0n) is 26.4. The maximum absolute atomic E-state index is 4.19. The van der Waals surface area contributed by atoms with E-state index in [4.69, 9.17) is 0 Å². The van der Waals surface area contributed by atoms with Crippen LogP contribution in [0.25, 0.3) is 27.8 Å². The summed E-state index contributed by atoms with van der Waals surface area (Å²) < 4.78 is 0. The lowest BCUT2D eigenvalue weighted by Gasteiger charge is -2.30. The highest BCUT2D eigenvalue weighted by Crippen LogP contribution is 2.52. The van der Waals surface area contributed by atoms with E-state index in [0.717, 1.165) is 11.4 Å². The molecule has 2 aliphatic rings. The summed E-state index contributed by atoms with van der Waals surface area (Å²) in [6.07, 6.45) is 6.40. The minimum atomic E-state index is -0.133. The van der Waals surface area contributed by atoms with E-state index in [0.29, 0.717) is 0 Å². The lowest BCUT2D eigenvalue weighted by Crippen LogP contribution is -2.18. The van der Waals surface area contributed by atoms with Gasteiger partial charge in [-0.15, -0.1) is 0 Å². The lowest BCUT2D eigenvalue weighted by atomic mass is 9.80. The van der Waals surface area contributed by atoms with Crippen LogP contribution < -0.4 is 4.90 Å². The molecule has 0 spiro atoms. The fourth-order valence-electron chi connectivity index (χ4n) is 7.45. The van der Waals surface area contributed by atoms with Crippen LogP contribution in [0.3, 0.4) is 0 Å². The van der Waals surface area contributed by atoms with Crippen molar-refractivity contribution in [1.82, 2.24) is 0 Å². The van der Waals surface area contributed by atoms with Gasteiger partial charge in [-0.2, -0.15) is 0 Å². The van der Waals surface area contributed by atoms with Crippen molar-refractivity contribution in [1.29, 1.82) is 0 Å². The molecule has 0 atom stereocenters. The molecule has 44 heavy (non-hydrogen) atoms. The van der Waals surface area contributed by atoms with Crippen LogP contribution in [0.15, 0.2) is 146 Å². The number of benzene rings is 5. The molecule has 0 fully saturated rings. The van der Waals surface area contributed by atoms with Crippen molar-refractivity contribution < 1.29 is 0 Å². The van der Waals surface area contributed by atoms with E-state index in [1.165, 1.54) is 61.3 Å². The SMILES string of the molecule is C=CC1=C(/C=C\C)C(C)(C)c2cc(N(c3ccc(-c4ccccc4)cc3)c3ccc4c(c3)C(C)(C)c3ccccc3-4)ccc21. The molecular weight excluding hydrogens is 530 g/mol. The Morgan fingerprint density at radius 2 is 1.09 bits per heavy atom. The Morgan fingerprint density at radius 3 is 1.75 bits per heavy atom. The van der Waals surface area contributed by atoms with Gasteiger partial charge in [0.25, 0.3) is 0 Å². The molecule has 216 valence electrons. The van der Waals surface area contributed by atoms with Gasteiger partial charge in [-0.05, 0) is 99.0 Å². The number of anilines is 3. The van der Waals surface area contributed by atoms with Crippen molar-refractivity contribution in [3.05, 3.63) is 168 Å². The second kappa shape index (κ2) is 10.4. The van der Waals surface area contributed by atoms with E-state index in [-0.39, 0.29) is 10.8 Å². The Labute approximate surface area is 262 Å². The second-order valence-corrected chi connectivity index (χ2v) is 13.0. The molecule has 1 nitrogen and oxygen atoms in total. The second-order valence-electron chi connectivity index (χ2n) is 13.0. The zero-order valence-corrected chi connectivity index (χ0v) is 26.4. The van der Waals surface area contributed by atoms with Gasteiger partial charge in [-0.3, -0.25) is 0 Å². The predicted octanol–water partition coefficient (Wildman–Crippen LogP) is 11.9. The maximum Gasteiger partial charge on any atom is 0.0465 e. The van der Waals surface area contributed by atoms with Crippen LogP contribution in [0.2, 0.25) is 0 Å². The van der Waals surface area contributed by atoms with Crippen LogP contribution in [0, 0.1) is 0 Å². The predicted molar refractivity (Wildman–Crippen MR) is 189 cm³/mol. The van der Waals surface area contributed by atoms with E-state index in [9.17, 15) is 0 Å². The Hall–Kier alpha value is -4.88. The van der Waals surface area contributed by atoms with Crippen molar-refractivity contribution in [2.45, 2.75) is 45.4 Å². The van der Waals surface area contributed by atoms with E-state index >= 15 is 0 Å². The molecule has 0 N–H and O–H groups in total. The van der Waals surface area contributed by atoms with Gasteiger partial charge in [0, 0.05) is 27.9 Å². The molecule has 0 saturated carbocycles. The van der Waals surface area contributed by atoms with Gasteiger partial charge in [-0.1, -0.05) is 131 Å². The van der Waals surface area contributed by atoms with Crippen molar-refractivity contribution in [2.75, 3.05) is 4.90 Å². The number of allylic oxidation sites excluding steroid dienone is 5. The molecule has 0 heterocycles. The van der Waals surface area contributed by atoms with Crippen LogP contribution in [-0.4, -0.2) is 0 Å². The summed E-state index contributed by atoms with van der Waals surface area (Å²) in [5, 5.41) is 0. The number of fused-ring (bicyclic) bond motifs is 4. The minimum Gasteiger partial charge on any atom is -0.310 e. The summed E-state index contributed by atoms with van der Waals surface area (Å²) in [6, 6.07) is 42.4. The summed E-state index contributed by atoms with van der Waals surface area (Å²) in [4.78, 5) is 2.42. The van der Waals surface area contributed by atoms with E-state index in [1.807, 2.05) is 6.08 Å². The van der Waals surface area contributed by atoms with Crippen LogP contribution in [0.5, 0.6) is 0 Å². The summed E-state index contributed by atoms with van der Waals surface area (Å²) in [6.45, 7) is 15.6. The highest BCUT2D eigenvalue weighted by molar-refractivity contribution is 5.91. The van der Waals surface area contributed by atoms with Crippen molar-refractivity contribution in [2.24, 2.45) is 0 Å². The molecule has 5 aromatic carbocycles. The molecule has 7 rings (SSSR count). The largest absolute Gasteiger partial charge is 0.310 e. The standard InChI is InChI=1S/C43H39N/c1-7-14-38-34(8-2)36-25-23-32(27-40(36)42(38,3)4)44(31-21-19-30(20-22-31)29-15-10-9-11-16-29)33-24-26-37-35-17-12-13-18-39(35)43(5,6)41(37)28-33/h7-28H,2H2,1,3-6H3/b14-7-. The van der Waals surface area contributed by atoms with Crippen LogP contribution in [0.1, 0.15) is 56.9 Å². The molecule has 0 amide bonds. The first-order chi connectivity index (χ1) is 21.3.